The number of rotatable bonds is 3. The summed E-state index contributed by atoms with van der Waals surface area (Å²) in [6.07, 6.45) is 2.19. The summed E-state index contributed by atoms with van der Waals surface area (Å²) in [4.78, 5) is 0. The molecule has 0 radical (unpaired) electrons. The van der Waals surface area contributed by atoms with E-state index in [2.05, 4.69) is 21.6 Å². The van der Waals surface area contributed by atoms with Gasteiger partial charge < -0.3 is 4.74 Å². The molecule has 0 amide bonds. The molecular formula is C16H12Cl2N4O. The highest BCUT2D eigenvalue weighted by atomic mass is 35.5. The Labute approximate surface area is 142 Å². The van der Waals surface area contributed by atoms with Crippen molar-refractivity contribution in [2.75, 3.05) is 0 Å². The van der Waals surface area contributed by atoms with Crippen LogP contribution in [0.4, 0.5) is 0 Å². The second-order valence-electron chi connectivity index (χ2n) is 5.37. The van der Waals surface area contributed by atoms with Crippen LogP contribution in [0.3, 0.4) is 0 Å². The molecule has 2 unspecified atom stereocenters. The molecule has 0 fully saturated rings. The van der Waals surface area contributed by atoms with E-state index < -0.39 is 0 Å². The Balaban J connectivity index is 1.76. The van der Waals surface area contributed by atoms with Gasteiger partial charge in [0.2, 0.25) is 0 Å². The van der Waals surface area contributed by atoms with Gasteiger partial charge in [0.15, 0.2) is 0 Å². The first-order valence-corrected chi connectivity index (χ1v) is 7.90. The zero-order chi connectivity index (χ0) is 15.8. The molecule has 2 atom stereocenters. The minimum Gasteiger partial charge on any atom is -0.487 e. The normalized spacial score (nSPS) is 17.6. The third-order valence-corrected chi connectivity index (χ3v) is 4.52. The van der Waals surface area contributed by atoms with E-state index in [4.69, 9.17) is 27.9 Å². The van der Waals surface area contributed by atoms with Gasteiger partial charge in [-0.1, -0.05) is 47.5 Å². The quantitative estimate of drug-likeness (QED) is 0.727. The average molecular weight is 347 g/mol. The molecule has 2 aromatic carbocycles. The average Bonchev–Trinajstić information content (AvgIpc) is 3.19. The predicted octanol–water partition coefficient (Wildman–Crippen LogP) is 3.57. The summed E-state index contributed by atoms with van der Waals surface area (Å²) in [6.45, 7) is 0. The molecule has 0 saturated heterocycles. The van der Waals surface area contributed by atoms with E-state index in [1.165, 1.54) is 5.56 Å². The lowest BCUT2D eigenvalue weighted by atomic mass is 9.98. The fourth-order valence-corrected chi connectivity index (χ4v) is 3.46. The summed E-state index contributed by atoms with van der Waals surface area (Å²) in [5.74, 6) is 0.890. The van der Waals surface area contributed by atoms with Crippen LogP contribution in [0.1, 0.15) is 17.2 Å². The molecule has 1 aliphatic rings. The van der Waals surface area contributed by atoms with Gasteiger partial charge in [-0.3, -0.25) is 0 Å². The van der Waals surface area contributed by atoms with Crippen LogP contribution in [0.2, 0.25) is 10.0 Å². The molecule has 0 saturated carbocycles. The Morgan fingerprint density at radius 2 is 2.04 bits per heavy atom. The van der Waals surface area contributed by atoms with Gasteiger partial charge in [0.1, 0.15) is 24.2 Å². The molecule has 4 rings (SSSR count). The third-order valence-electron chi connectivity index (χ3n) is 3.96. The Bertz CT molecular complexity index is 813. The molecule has 0 spiro atoms. The second kappa shape index (κ2) is 5.83. The van der Waals surface area contributed by atoms with Crippen molar-refractivity contribution in [3.05, 3.63) is 70.0 Å². The van der Waals surface area contributed by atoms with Crippen molar-refractivity contribution in [3.63, 3.8) is 0 Å². The van der Waals surface area contributed by atoms with Crippen LogP contribution in [0.25, 0.3) is 0 Å². The monoisotopic (exact) mass is 346 g/mol. The Morgan fingerprint density at radius 1 is 1.17 bits per heavy atom. The highest BCUT2D eigenvalue weighted by Gasteiger charge is 2.34. The van der Waals surface area contributed by atoms with Gasteiger partial charge in [-0.2, -0.15) is 0 Å². The Kier molecular flexibility index (Phi) is 3.67. The van der Waals surface area contributed by atoms with Crippen LogP contribution in [0, 0.1) is 0 Å². The molecule has 0 N–H and O–H groups in total. The number of para-hydroxylation sites is 1. The fraction of sp³-hybridized carbons (Fsp3) is 0.188. The van der Waals surface area contributed by atoms with Crippen molar-refractivity contribution in [1.82, 2.24) is 20.2 Å². The van der Waals surface area contributed by atoms with Crippen LogP contribution < -0.4 is 4.74 Å². The number of tetrazole rings is 1. The van der Waals surface area contributed by atoms with Crippen molar-refractivity contribution < 1.29 is 4.74 Å². The zero-order valence-corrected chi connectivity index (χ0v) is 13.4. The highest BCUT2D eigenvalue weighted by Crippen LogP contribution is 2.38. The van der Waals surface area contributed by atoms with Crippen molar-refractivity contribution >= 4 is 23.2 Å². The summed E-state index contributed by atoms with van der Waals surface area (Å²) in [7, 11) is 0. The minimum absolute atomic E-state index is 0.144. The number of fused-ring (bicyclic) bond motifs is 1. The maximum atomic E-state index is 6.41. The number of ether oxygens (including phenoxy) is 1. The van der Waals surface area contributed by atoms with E-state index in [1.54, 1.807) is 17.1 Å². The highest BCUT2D eigenvalue weighted by molar-refractivity contribution is 6.35. The molecular weight excluding hydrogens is 335 g/mol. The summed E-state index contributed by atoms with van der Waals surface area (Å²) >= 11 is 12.4. The number of aromatic nitrogens is 4. The molecule has 116 valence electrons. The van der Waals surface area contributed by atoms with Crippen LogP contribution >= 0.6 is 23.2 Å². The van der Waals surface area contributed by atoms with Crippen LogP contribution in [0.5, 0.6) is 5.75 Å². The lowest BCUT2D eigenvalue weighted by Gasteiger charge is -2.24. The number of halogens is 2. The van der Waals surface area contributed by atoms with Gasteiger partial charge >= 0.3 is 0 Å². The van der Waals surface area contributed by atoms with Crippen LogP contribution in [-0.4, -0.2) is 26.3 Å². The molecule has 5 nitrogen and oxygen atoms in total. The Hall–Kier alpha value is -2.11. The van der Waals surface area contributed by atoms with Gasteiger partial charge in [-0.15, -0.1) is 5.10 Å². The molecule has 3 aromatic rings. The number of hydrogen-bond donors (Lipinski definition) is 0. The molecule has 0 aliphatic carbocycles. The standard InChI is InChI=1S/C16H12Cl2N4O/c17-11-5-6-12(13(18)8-11)16(22-9-19-20-21-22)15-7-10-3-1-2-4-14(10)23-15/h1-6,8-9,15-16H,7H2. The predicted molar refractivity (Wildman–Crippen MR) is 87.0 cm³/mol. The van der Waals surface area contributed by atoms with Gasteiger partial charge in [-0.25, -0.2) is 4.68 Å². The largest absolute Gasteiger partial charge is 0.487 e. The first-order chi connectivity index (χ1) is 11.2. The number of nitrogens with zero attached hydrogens (tertiary/aromatic N) is 4. The maximum Gasteiger partial charge on any atom is 0.139 e. The van der Waals surface area contributed by atoms with E-state index in [9.17, 15) is 0 Å². The van der Waals surface area contributed by atoms with Crippen molar-refractivity contribution in [2.24, 2.45) is 0 Å². The minimum atomic E-state index is -0.234. The summed E-state index contributed by atoms with van der Waals surface area (Å²) in [5, 5.41) is 12.7. The lowest BCUT2D eigenvalue weighted by molar-refractivity contribution is 0.173. The fourth-order valence-electron chi connectivity index (χ4n) is 2.94. The summed E-state index contributed by atoms with van der Waals surface area (Å²) < 4.78 is 7.80. The van der Waals surface area contributed by atoms with Gasteiger partial charge in [-0.05, 0) is 39.8 Å². The second-order valence-corrected chi connectivity index (χ2v) is 6.21. The van der Waals surface area contributed by atoms with Crippen LogP contribution in [-0.2, 0) is 6.42 Å². The zero-order valence-electron chi connectivity index (χ0n) is 11.9. The van der Waals surface area contributed by atoms with Gasteiger partial charge in [0.25, 0.3) is 0 Å². The molecule has 1 aromatic heterocycles. The summed E-state index contributed by atoms with van der Waals surface area (Å²) in [6, 6.07) is 13.2. The first kappa shape index (κ1) is 14.5. The van der Waals surface area contributed by atoms with E-state index in [1.807, 2.05) is 30.3 Å². The van der Waals surface area contributed by atoms with Gasteiger partial charge in [0, 0.05) is 16.5 Å². The number of hydrogen-bond acceptors (Lipinski definition) is 4. The SMILES string of the molecule is Clc1ccc(C(C2Cc3ccccc3O2)n2cnnn2)c(Cl)c1. The molecule has 1 aliphatic heterocycles. The smallest absolute Gasteiger partial charge is 0.139 e. The first-order valence-electron chi connectivity index (χ1n) is 7.14. The number of benzene rings is 2. The molecule has 0 bridgehead atoms. The molecule has 23 heavy (non-hydrogen) atoms. The van der Waals surface area contributed by atoms with Gasteiger partial charge in [0.05, 0.1) is 0 Å². The van der Waals surface area contributed by atoms with E-state index in [0.29, 0.717) is 10.0 Å². The maximum absolute atomic E-state index is 6.41. The summed E-state index contributed by atoms with van der Waals surface area (Å²) in [5.41, 5.74) is 2.04. The molecule has 7 heteroatoms. The molecule has 2 heterocycles. The van der Waals surface area contributed by atoms with Crippen LogP contribution in [0.15, 0.2) is 48.8 Å². The van der Waals surface area contributed by atoms with E-state index in [-0.39, 0.29) is 12.1 Å². The topological polar surface area (TPSA) is 52.8 Å². The van der Waals surface area contributed by atoms with E-state index in [0.717, 1.165) is 17.7 Å². The third kappa shape index (κ3) is 2.66. The van der Waals surface area contributed by atoms with Crippen molar-refractivity contribution in [3.8, 4) is 5.75 Å². The Morgan fingerprint density at radius 3 is 2.78 bits per heavy atom. The van der Waals surface area contributed by atoms with Crippen molar-refractivity contribution in [2.45, 2.75) is 18.6 Å². The van der Waals surface area contributed by atoms with Crippen molar-refractivity contribution in [1.29, 1.82) is 0 Å². The lowest BCUT2D eigenvalue weighted by Crippen LogP contribution is -2.30. The van der Waals surface area contributed by atoms with E-state index >= 15 is 0 Å².